The molecule has 0 fully saturated rings. The number of ether oxygens (including phenoxy) is 1. The van der Waals surface area contributed by atoms with Gasteiger partial charge in [-0.1, -0.05) is 18.2 Å². The Bertz CT molecular complexity index is 760. The molecule has 0 amide bonds. The van der Waals surface area contributed by atoms with Crippen molar-refractivity contribution < 1.29 is 9.53 Å². The van der Waals surface area contributed by atoms with Crippen LogP contribution in [0.2, 0.25) is 0 Å². The smallest absolute Gasteiger partial charge is 0.306 e. The first kappa shape index (κ1) is 14.2. The molecule has 0 radical (unpaired) electrons. The molecule has 21 heavy (non-hydrogen) atoms. The van der Waals surface area contributed by atoms with Crippen LogP contribution >= 0.6 is 22.7 Å². The van der Waals surface area contributed by atoms with Gasteiger partial charge in [0.05, 0.1) is 18.7 Å². The van der Waals surface area contributed by atoms with Gasteiger partial charge in [-0.05, 0) is 13.0 Å². The minimum Gasteiger partial charge on any atom is -0.466 e. The summed E-state index contributed by atoms with van der Waals surface area (Å²) in [6.45, 7) is 2.25. The van der Waals surface area contributed by atoms with Crippen molar-refractivity contribution >= 4 is 38.7 Å². The Morgan fingerprint density at radius 2 is 2.10 bits per heavy atom. The van der Waals surface area contributed by atoms with Gasteiger partial charge in [-0.3, -0.25) is 4.79 Å². The van der Waals surface area contributed by atoms with E-state index < -0.39 is 0 Å². The zero-order valence-electron chi connectivity index (χ0n) is 11.7. The molecule has 3 nitrogen and oxygen atoms in total. The summed E-state index contributed by atoms with van der Waals surface area (Å²) < 4.78 is 6.21. The number of hydrogen-bond donors (Lipinski definition) is 0. The predicted molar refractivity (Wildman–Crippen MR) is 87.9 cm³/mol. The molecule has 0 aliphatic heterocycles. The molecule has 0 saturated carbocycles. The number of carbonyl (C=O) groups is 1. The van der Waals surface area contributed by atoms with Crippen molar-refractivity contribution in [3.63, 3.8) is 0 Å². The third kappa shape index (κ3) is 3.14. The maximum absolute atomic E-state index is 11.4. The largest absolute Gasteiger partial charge is 0.466 e. The summed E-state index contributed by atoms with van der Waals surface area (Å²) in [5.74, 6) is -0.159. The minimum absolute atomic E-state index is 0.159. The lowest BCUT2D eigenvalue weighted by Crippen LogP contribution is -2.05. The van der Waals surface area contributed by atoms with E-state index in [0.717, 1.165) is 10.7 Å². The zero-order valence-corrected chi connectivity index (χ0v) is 13.3. The molecule has 0 N–H and O–H groups in total. The molecule has 0 aliphatic rings. The second kappa shape index (κ2) is 6.37. The van der Waals surface area contributed by atoms with E-state index in [4.69, 9.17) is 4.74 Å². The van der Waals surface area contributed by atoms with Crippen molar-refractivity contribution in [1.82, 2.24) is 4.98 Å². The number of carbonyl (C=O) groups excluding carboxylic acids is 1. The highest BCUT2D eigenvalue weighted by Gasteiger charge is 2.11. The first-order valence-electron chi connectivity index (χ1n) is 6.84. The molecule has 0 bridgehead atoms. The first-order chi connectivity index (χ1) is 10.3. The Morgan fingerprint density at radius 1 is 1.24 bits per heavy atom. The summed E-state index contributed by atoms with van der Waals surface area (Å²) in [4.78, 5) is 16.0. The van der Waals surface area contributed by atoms with E-state index in [1.807, 2.05) is 18.4 Å². The van der Waals surface area contributed by atoms with Gasteiger partial charge in [-0.25, -0.2) is 4.98 Å². The van der Waals surface area contributed by atoms with Crippen molar-refractivity contribution in [1.29, 1.82) is 0 Å². The fourth-order valence-corrected chi connectivity index (χ4v) is 4.06. The Hall–Kier alpha value is -1.72. The SMILES string of the molecule is CCOC(=O)CCc1csc(-c2csc3ccccc23)n1. The summed E-state index contributed by atoms with van der Waals surface area (Å²) in [5, 5.41) is 6.44. The van der Waals surface area contributed by atoms with Gasteiger partial charge in [0.15, 0.2) is 0 Å². The van der Waals surface area contributed by atoms with E-state index in [2.05, 4.69) is 28.6 Å². The third-order valence-electron chi connectivity index (χ3n) is 3.15. The number of aryl methyl sites for hydroxylation is 1. The second-order valence-electron chi connectivity index (χ2n) is 4.59. The second-order valence-corrected chi connectivity index (χ2v) is 6.36. The van der Waals surface area contributed by atoms with Gasteiger partial charge in [0.2, 0.25) is 0 Å². The van der Waals surface area contributed by atoms with Gasteiger partial charge in [0.25, 0.3) is 0 Å². The normalized spacial score (nSPS) is 10.9. The molecule has 108 valence electrons. The molecular formula is C16H15NO2S2. The fourth-order valence-electron chi connectivity index (χ4n) is 2.15. The standard InChI is InChI=1S/C16H15NO2S2/c1-2-19-15(18)8-7-11-9-21-16(17-11)13-10-20-14-6-4-3-5-12(13)14/h3-6,9-10H,2,7-8H2,1H3. The molecule has 0 aliphatic carbocycles. The maximum atomic E-state index is 11.4. The molecule has 0 saturated heterocycles. The van der Waals surface area contributed by atoms with E-state index in [-0.39, 0.29) is 5.97 Å². The van der Waals surface area contributed by atoms with Crippen LogP contribution < -0.4 is 0 Å². The maximum Gasteiger partial charge on any atom is 0.306 e. The highest BCUT2D eigenvalue weighted by atomic mass is 32.1. The minimum atomic E-state index is -0.159. The number of esters is 1. The Kier molecular flexibility index (Phi) is 4.31. The van der Waals surface area contributed by atoms with Crippen LogP contribution in [-0.2, 0) is 16.0 Å². The molecule has 2 heterocycles. The van der Waals surface area contributed by atoms with Gasteiger partial charge in [-0.2, -0.15) is 0 Å². The van der Waals surface area contributed by atoms with Crippen LogP contribution in [0.5, 0.6) is 0 Å². The van der Waals surface area contributed by atoms with Crippen LogP contribution in [0.25, 0.3) is 20.7 Å². The van der Waals surface area contributed by atoms with Gasteiger partial charge in [0, 0.05) is 32.8 Å². The van der Waals surface area contributed by atoms with Gasteiger partial charge < -0.3 is 4.74 Å². The Morgan fingerprint density at radius 3 is 2.95 bits per heavy atom. The average molecular weight is 317 g/mol. The summed E-state index contributed by atoms with van der Waals surface area (Å²) in [5.41, 5.74) is 2.14. The predicted octanol–water partition coefficient (Wildman–Crippen LogP) is 4.52. The number of fused-ring (bicyclic) bond motifs is 1. The number of thiazole rings is 1. The molecular weight excluding hydrogens is 302 g/mol. The number of nitrogens with zero attached hydrogens (tertiary/aromatic N) is 1. The molecule has 3 rings (SSSR count). The van der Waals surface area contributed by atoms with Crippen LogP contribution in [0.1, 0.15) is 19.0 Å². The van der Waals surface area contributed by atoms with Gasteiger partial charge in [-0.15, -0.1) is 22.7 Å². The van der Waals surface area contributed by atoms with Crippen LogP contribution in [0.3, 0.4) is 0 Å². The number of thiophene rings is 1. The number of aromatic nitrogens is 1. The van der Waals surface area contributed by atoms with Crippen molar-refractivity contribution in [2.45, 2.75) is 19.8 Å². The van der Waals surface area contributed by atoms with E-state index in [1.54, 1.807) is 22.7 Å². The number of benzene rings is 1. The van der Waals surface area contributed by atoms with Crippen LogP contribution in [0.4, 0.5) is 0 Å². The van der Waals surface area contributed by atoms with Gasteiger partial charge >= 0.3 is 5.97 Å². The molecule has 3 aromatic rings. The molecule has 0 spiro atoms. The van der Waals surface area contributed by atoms with Crippen molar-refractivity contribution in [3.05, 3.63) is 40.7 Å². The lowest BCUT2D eigenvalue weighted by Gasteiger charge is -1.99. The quantitative estimate of drug-likeness (QED) is 0.649. The van der Waals surface area contributed by atoms with E-state index in [9.17, 15) is 4.79 Å². The van der Waals surface area contributed by atoms with E-state index in [0.29, 0.717) is 19.4 Å². The highest BCUT2D eigenvalue weighted by molar-refractivity contribution is 7.18. The molecule has 2 aromatic heterocycles. The van der Waals surface area contributed by atoms with Gasteiger partial charge in [0.1, 0.15) is 5.01 Å². The molecule has 1 aromatic carbocycles. The van der Waals surface area contributed by atoms with Crippen LogP contribution in [-0.4, -0.2) is 17.6 Å². The summed E-state index contributed by atoms with van der Waals surface area (Å²) in [6, 6.07) is 8.35. The summed E-state index contributed by atoms with van der Waals surface area (Å²) in [7, 11) is 0. The lowest BCUT2D eigenvalue weighted by molar-refractivity contribution is -0.143. The number of hydrogen-bond acceptors (Lipinski definition) is 5. The van der Waals surface area contributed by atoms with E-state index in [1.165, 1.54) is 15.6 Å². The average Bonchev–Trinajstić information content (AvgIpc) is 3.12. The first-order valence-corrected chi connectivity index (χ1v) is 8.60. The van der Waals surface area contributed by atoms with Crippen molar-refractivity contribution in [3.8, 4) is 10.6 Å². The van der Waals surface area contributed by atoms with E-state index >= 15 is 0 Å². The Balaban J connectivity index is 1.77. The van der Waals surface area contributed by atoms with Crippen molar-refractivity contribution in [2.24, 2.45) is 0 Å². The Labute approximate surface area is 131 Å². The topological polar surface area (TPSA) is 39.2 Å². The fraction of sp³-hybridized carbons (Fsp3) is 0.250. The zero-order chi connectivity index (χ0) is 14.7. The molecule has 0 atom stereocenters. The monoisotopic (exact) mass is 317 g/mol. The lowest BCUT2D eigenvalue weighted by atomic mass is 10.2. The van der Waals surface area contributed by atoms with Crippen LogP contribution in [0, 0.1) is 0 Å². The van der Waals surface area contributed by atoms with Crippen LogP contribution in [0.15, 0.2) is 35.0 Å². The molecule has 0 unspecified atom stereocenters. The number of rotatable bonds is 5. The highest BCUT2D eigenvalue weighted by Crippen LogP contribution is 2.35. The summed E-state index contributed by atoms with van der Waals surface area (Å²) >= 11 is 3.37. The molecule has 5 heteroatoms. The van der Waals surface area contributed by atoms with Crippen molar-refractivity contribution in [2.75, 3.05) is 6.61 Å². The summed E-state index contributed by atoms with van der Waals surface area (Å²) in [6.07, 6.45) is 1.03. The third-order valence-corrected chi connectivity index (χ3v) is 5.04.